The molecule has 4 N–H and O–H groups in total. The van der Waals surface area contributed by atoms with Gasteiger partial charge in [-0.2, -0.15) is 0 Å². The number of aromatic amines is 1. The molecule has 0 fully saturated rings. The van der Waals surface area contributed by atoms with Crippen molar-refractivity contribution < 1.29 is 5.11 Å². The standard InChI is InChI=1S/C14H20N2O/c1-2-3-4-13(17)14(15)11-5-6-12-10(9-11)7-8-16-12/h5-9,13-14,16-17H,2-4,15H2,1H3/t13-,14+/m1/s1. The smallest absolute Gasteiger partial charge is 0.0732 e. The van der Waals surface area contributed by atoms with Crippen LogP contribution < -0.4 is 5.73 Å². The molecule has 0 radical (unpaired) electrons. The van der Waals surface area contributed by atoms with Crippen LogP contribution in [0.25, 0.3) is 10.9 Å². The van der Waals surface area contributed by atoms with Crippen LogP contribution in [0.5, 0.6) is 0 Å². The fraction of sp³-hybridized carbons (Fsp3) is 0.429. The van der Waals surface area contributed by atoms with Gasteiger partial charge >= 0.3 is 0 Å². The molecule has 2 rings (SSSR count). The Balaban J connectivity index is 2.14. The predicted molar refractivity (Wildman–Crippen MR) is 70.8 cm³/mol. The SMILES string of the molecule is CCCC[C@@H](O)[C@@H](N)c1ccc2[nH]ccc2c1. The highest BCUT2D eigenvalue weighted by Gasteiger charge is 2.16. The van der Waals surface area contributed by atoms with Crippen molar-refractivity contribution >= 4 is 10.9 Å². The molecule has 1 heterocycles. The zero-order valence-electron chi connectivity index (χ0n) is 10.2. The second-order valence-electron chi connectivity index (χ2n) is 4.56. The van der Waals surface area contributed by atoms with Crippen LogP contribution in [0.2, 0.25) is 0 Å². The highest BCUT2D eigenvalue weighted by Crippen LogP contribution is 2.22. The van der Waals surface area contributed by atoms with Crippen LogP contribution in [0, 0.1) is 0 Å². The normalized spacial score (nSPS) is 15.0. The molecule has 0 bridgehead atoms. The molecule has 2 atom stereocenters. The monoisotopic (exact) mass is 232 g/mol. The number of aromatic nitrogens is 1. The highest BCUT2D eigenvalue weighted by molar-refractivity contribution is 5.80. The van der Waals surface area contributed by atoms with Gasteiger partial charge in [-0.1, -0.05) is 25.8 Å². The molecular weight excluding hydrogens is 212 g/mol. The minimum absolute atomic E-state index is 0.291. The van der Waals surface area contributed by atoms with Gasteiger partial charge in [0.05, 0.1) is 12.1 Å². The van der Waals surface area contributed by atoms with Gasteiger partial charge < -0.3 is 15.8 Å². The van der Waals surface area contributed by atoms with Crippen LogP contribution in [0.4, 0.5) is 0 Å². The fourth-order valence-electron chi connectivity index (χ4n) is 2.09. The minimum Gasteiger partial charge on any atom is -0.391 e. The van der Waals surface area contributed by atoms with Gasteiger partial charge in [0.15, 0.2) is 0 Å². The molecule has 0 spiro atoms. The third-order valence-electron chi connectivity index (χ3n) is 3.23. The number of benzene rings is 1. The van der Waals surface area contributed by atoms with Crippen molar-refractivity contribution in [3.8, 4) is 0 Å². The Labute approximate surface area is 102 Å². The lowest BCUT2D eigenvalue weighted by Gasteiger charge is -2.19. The molecule has 0 saturated carbocycles. The number of aliphatic hydroxyl groups excluding tert-OH is 1. The molecule has 92 valence electrons. The maximum atomic E-state index is 9.99. The van der Waals surface area contributed by atoms with Crippen molar-refractivity contribution in [3.05, 3.63) is 36.0 Å². The number of hydrogen-bond acceptors (Lipinski definition) is 2. The van der Waals surface area contributed by atoms with Gasteiger partial charge in [-0.15, -0.1) is 0 Å². The quantitative estimate of drug-likeness (QED) is 0.742. The summed E-state index contributed by atoms with van der Waals surface area (Å²) in [6, 6.07) is 7.77. The van der Waals surface area contributed by atoms with Crippen LogP contribution in [0.3, 0.4) is 0 Å². The Morgan fingerprint density at radius 2 is 2.18 bits per heavy atom. The molecule has 0 saturated heterocycles. The molecule has 0 aliphatic heterocycles. The van der Waals surface area contributed by atoms with E-state index in [0.717, 1.165) is 35.7 Å². The van der Waals surface area contributed by atoms with E-state index in [0.29, 0.717) is 0 Å². The van der Waals surface area contributed by atoms with Crippen molar-refractivity contribution in [1.29, 1.82) is 0 Å². The molecule has 0 unspecified atom stereocenters. The first-order chi connectivity index (χ1) is 8.22. The number of nitrogens with one attached hydrogen (secondary N) is 1. The highest BCUT2D eigenvalue weighted by atomic mass is 16.3. The second-order valence-corrected chi connectivity index (χ2v) is 4.56. The van der Waals surface area contributed by atoms with E-state index in [1.807, 2.05) is 30.5 Å². The van der Waals surface area contributed by atoms with Gasteiger partial charge in [-0.3, -0.25) is 0 Å². The zero-order chi connectivity index (χ0) is 12.3. The summed E-state index contributed by atoms with van der Waals surface area (Å²) in [5.74, 6) is 0. The summed E-state index contributed by atoms with van der Waals surface area (Å²) in [5.41, 5.74) is 8.18. The Morgan fingerprint density at radius 3 is 2.94 bits per heavy atom. The number of H-pyrrole nitrogens is 1. The largest absolute Gasteiger partial charge is 0.391 e. The van der Waals surface area contributed by atoms with E-state index in [2.05, 4.69) is 11.9 Å². The van der Waals surface area contributed by atoms with E-state index in [-0.39, 0.29) is 6.04 Å². The second kappa shape index (κ2) is 5.34. The average Bonchev–Trinajstić information content (AvgIpc) is 2.81. The van der Waals surface area contributed by atoms with Crippen LogP contribution in [-0.4, -0.2) is 16.2 Å². The lowest BCUT2D eigenvalue weighted by molar-refractivity contribution is 0.132. The summed E-state index contributed by atoms with van der Waals surface area (Å²) < 4.78 is 0. The number of unbranched alkanes of at least 4 members (excludes halogenated alkanes) is 1. The van der Waals surface area contributed by atoms with Gasteiger partial charge in [0.1, 0.15) is 0 Å². The predicted octanol–water partition coefficient (Wildman–Crippen LogP) is 2.72. The first-order valence-electron chi connectivity index (χ1n) is 6.23. The Morgan fingerprint density at radius 1 is 1.35 bits per heavy atom. The van der Waals surface area contributed by atoms with Crippen molar-refractivity contribution in [2.75, 3.05) is 0 Å². The molecule has 0 amide bonds. The average molecular weight is 232 g/mol. The van der Waals surface area contributed by atoms with Crippen molar-refractivity contribution in [1.82, 2.24) is 4.98 Å². The molecule has 3 heteroatoms. The molecule has 1 aromatic carbocycles. The summed E-state index contributed by atoms with van der Waals surface area (Å²) in [4.78, 5) is 3.15. The van der Waals surface area contributed by atoms with E-state index < -0.39 is 6.10 Å². The van der Waals surface area contributed by atoms with Gasteiger partial charge in [-0.05, 0) is 35.6 Å². The van der Waals surface area contributed by atoms with Crippen molar-refractivity contribution in [3.63, 3.8) is 0 Å². The molecule has 0 aliphatic rings. The number of hydrogen-bond donors (Lipinski definition) is 3. The first kappa shape index (κ1) is 12.1. The molecule has 3 nitrogen and oxygen atoms in total. The summed E-state index contributed by atoms with van der Waals surface area (Å²) in [6.45, 7) is 2.12. The minimum atomic E-state index is -0.452. The van der Waals surface area contributed by atoms with E-state index in [4.69, 9.17) is 5.73 Å². The summed E-state index contributed by atoms with van der Waals surface area (Å²) in [6.07, 6.45) is 4.32. The van der Waals surface area contributed by atoms with Gasteiger partial charge in [0, 0.05) is 11.7 Å². The third kappa shape index (κ3) is 2.68. The molecule has 0 aliphatic carbocycles. The van der Waals surface area contributed by atoms with Gasteiger partial charge in [0.2, 0.25) is 0 Å². The molecule has 17 heavy (non-hydrogen) atoms. The summed E-state index contributed by atoms with van der Waals surface area (Å²) in [7, 11) is 0. The number of nitrogens with two attached hydrogens (primary N) is 1. The Bertz CT molecular complexity index is 478. The van der Waals surface area contributed by atoms with Gasteiger partial charge in [0.25, 0.3) is 0 Å². The Kier molecular flexibility index (Phi) is 3.82. The van der Waals surface area contributed by atoms with Crippen LogP contribution in [0.1, 0.15) is 37.8 Å². The summed E-state index contributed by atoms with van der Waals surface area (Å²) >= 11 is 0. The molecular formula is C14H20N2O. The molecule has 2 aromatic rings. The number of aliphatic hydroxyl groups is 1. The number of rotatable bonds is 5. The lowest BCUT2D eigenvalue weighted by Crippen LogP contribution is -2.26. The topological polar surface area (TPSA) is 62.0 Å². The third-order valence-corrected chi connectivity index (χ3v) is 3.23. The maximum Gasteiger partial charge on any atom is 0.0732 e. The van der Waals surface area contributed by atoms with Crippen molar-refractivity contribution in [2.45, 2.75) is 38.3 Å². The van der Waals surface area contributed by atoms with E-state index in [1.54, 1.807) is 0 Å². The van der Waals surface area contributed by atoms with Gasteiger partial charge in [-0.25, -0.2) is 0 Å². The first-order valence-corrected chi connectivity index (χ1v) is 6.23. The zero-order valence-corrected chi connectivity index (χ0v) is 10.2. The van der Waals surface area contributed by atoms with Crippen LogP contribution in [0.15, 0.2) is 30.5 Å². The Hall–Kier alpha value is -1.32. The maximum absolute atomic E-state index is 9.99. The molecule has 1 aromatic heterocycles. The van der Waals surface area contributed by atoms with Crippen LogP contribution >= 0.6 is 0 Å². The van der Waals surface area contributed by atoms with E-state index in [9.17, 15) is 5.11 Å². The lowest BCUT2D eigenvalue weighted by atomic mass is 9.97. The van der Waals surface area contributed by atoms with E-state index in [1.165, 1.54) is 0 Å². The summed E-state index contributed by atoms with van der Waals surface area (Å²) in [5, 5.41) is 11.1. The fourth-order valence-corrected chi connectivity index (χ4v) is 2.09. The van der Waals surface area contributed by atoms with E-state index >= 15 is 0 Å². The van der Waals surface area contributed by atoms with Crippen molar-refractivity contribution in [2.24, 2.45) is 5.73 Å². The van der Waals surface area contributed by atoms with Crippen LogP contribution in [-0.2, 0) is 0 Å². The number of fused-ring (bicyclic) bond motifs is 1.